The molecular weight excluding hydrogens is 334 g/mol. The maximum atomic E-state index is 12.3. The van der Waals surface area contributed by atoms with Gasteiger partial charge in [-0.2, -0.15) is 0 Å². The lowest BCUT2D eigenvalue weighted by Gasteiger charge is -2.12. The number of hydrogen-bond acceptors (Lipinski definition) is 1. The van der Waals surface area contributed by atoms with Crippen molar-refractivity contribution in [2.24, 2.45) is 0 Å². The molecule has 0 atom stereocenters. The molecule has 0 unspecified atom stereocenters. The molecular formula is C23H27N3O. The topological polar surface area (TPSA) is 46.1 Å². The minimum atomic E-state index is -0.191. The smallest absolute Gasteiger partial charge is 0.319 e. The van der Waals surface area contributed by atoms with E-state index in [0.29, 0.717) is 6.54 Å². The summed E-state index contributed by atoms with van der Waals surface area (Å²) >= 11 is 0. The number of anilines is 1. The molecule has 0 aliphatic carbocycles. The molecule has 2 N–H and O–H groups in total. The van der Waals surface area contributed by atoms with E-state index in [-0.39, 0.29) is 6.03 Å². The molecule has 0 saturated heterocycles. The summed E-state index contributed by atoms with van der Waals surface area (Å²) in [5, 5.41) is 5.92. The van der Waals surface area contributed by atoms with E-state index in [0.717, 1.165) is 39.5 Å². The first-order valence-electron chi connectivity index (χ1n) is 9.22. The Bertz CT molecular complexity index is 968. The van der Waals surface area contributed by atoms with Gasteiger partial charge in [0.2, 0.25) is 0 Å². The summed E-state index contributed by atoms with van der Waals surface area (Å²) in [4.78, 5) is 12.3. The van der Waals surface area contributed by atoms with Gasteiger partial charge in [-0.15, -0.1) is 0 Å². The molecule has 0 radical (unpaired) electrons. The number of benzene rings is 2. The zero-order valence-electron chi connectivity index (χ0n) is 16.7. The highest BCUT2D eigenvalue weighted by Crippen LogP contribution is 2.21. The van der Waals surface area contributed by atoms with Gasteiger partial charge in [0, 0.05) is 29.3 Å². The molecule has 0 aliphatic rings. The lowest BCUT2D eigenvalue weighted by atomic mass is 10.1. The zero-order valence-corrected chi connectivity index (χ0v) is 16.7. The van der Waals surface area contributed by atoms with Crippen molar-refractivity contribution in [3.05, 3.63) is 82.2 Å². The van der Waals surface area contributed by atoms with E-state index in [1.807, 2.05) is 32.0 Å². The van der Waals surface area contributed by atoms with Crippen molar-refractivity contribution in [3.8, 4) is 5.69 Å². The SMILES string of the molecule is Cc1ccc(-n2c(C)cc(CNC(=O)Nc3cc(C)ccc3C)c2C)cc1. The van der Waals surface area contributed by atoms with Crippen molar-refractivity contribution in [2.45, 2.75) is 41.2 Å². The number of rotatable bonds is 4. The number of carbonyl (C=O) groups excluding carboxylic acids is 1. The van der Waals surface area contributed by atoms with Crippen molar-refractivity contribution in [1.29, 1.82) is 0 Å². The second-order valence-corrected chi connectivity index (χ2v) is 7.19. The van der Waals surface area contributed by atoms with Crippen LogP contribution in [0.4, 0.5) is 10.5 Å². The lowest BCUT2D eigenvalue weighted by Crippen LogP contribution is -2.28. The highest BCUT2D eigenvalue weighted by Gasteiger charge is 2.12. The highest BCUT2D eigenvalue weighted by atomic mass is 16.2. The average molecular weight is 361 g/mol. The fourth-order valence-electron chi connectivity index (χ4n) is 3.31. The first-order chi connectivity index (χ1) is 12.8. The molecule has 2 aromatic carbocycles. The Hall–Kier alpha value is -3.01. The first-order valence-corrected chi connectivity index (χ1v) is 9.22. The lowest BCUT2D eigenvalue weighted by molar-refractivity contribution is 0.251. The second-order valence-electron chi connectivity index (χ2n) is 7.19. The Morgan fingerprint density at radius 2 is 1.56 bits per heavy atom. The Kier molecular flexibility index (Phi) is 5.36. The predicted molar refractivity (Wildman–Crippen MR) is 112 cm³/mol. The van der Waals surface area contributed by atoms with Crippen LogP contribution in [0.15, 0.2) is 48.5 Å². The second kappa shape index (κ2) is 7.70. The van der Waals surface area contributed by atoms with Crippen molar-refractivity contribution >= 4 is 11.7 Å². The standard InChI is InChI=1S/C23H27N3O/c1-15-7-10-21(11-8-15)26-18(4)13-20(19(26)5)14-24-23(27)25-22-12-16(2)6-9-17(22)3/h6-13H,14H2,1-5H3,(H2,24,25,27). The molecule has 0 bridgehead atoms. The molecule has 0 aliphatic heterocycles. The molecule has 1 heterocycles. The number of hydrogen-bond donors (Lipinski definition) is 2. The van der Waals surface area contributed by atoms with Crippen LogP contribution in [0.1, 0.15) is 33.6 Å². The average Bonchev–Trinajstić information content (AvgIpc) is 2.91. The van der Waals surface area contributed by atoms with Crippen molar-refractivity contribution in [2.75, 3.05) is 5.32 Å². The number of amides is 2. The molecule has 0 fully saturated rings. The maximum Gasteiger partial charge on any atom is 0.319 e. The minimum absolute atomic E-state index is 0.191. The monoisotopic (exact) mass is 361 g/mol. The van der Waals surface area contributed by atoms with E-state index in [1.165, 1.54) is 5.56 Å². The van der Waals surface area contributed by atoms with Crippen LogP contribution in [0, 0.1) is 34.6 Å². The van der Waals surface area contributed by atoms with E-state index < -0.39 is 0 Å². The van der Waals surface area contributed by atoms with Gasteiger partial charge in [0.05, 0.1) is 0 Å². The van der Waals surface area contributed by atoms with Crippen LogP contribution in [0.25, 0.3) is 5.69 Å². The normalized spacial score (nSPS) is 10.7. The van der Waals surface area contributed by atoms with E-state index in [4.69, 9.17) is 0 Å². The summed E-state index contributed by atoms with van der Waals surface area (Å²) in [5.41, 5.74) is 8.81. The van der Waals surface area contributed by atoms with E-state index >= 15 is 0 Å². The third-order valence-electron chi connectivity index (χ3n) is 4.91. The van der Waals surface area contributed by atoms with E-state index in [1.54, 1.807) is 0 Å². The Labute approximate surface area is 161 Å². The summed E-state index contributed by atoms with van der Waals surface area (Å²) in [7, 11) is 0. The number of urea groups is 1. The summed E-state index contributed by atoms with van der Waals surface area (Å²) in [6.45, 7) is 10.8. The molecule has 4 nitrogen and oxygen atoms in total. The van der Waals surface area contributed by atoms with Crippen LogP contribution in [-0.4, -0.2) is 10.6 Å². The van der Waals surface area contributed by atoms with Gasteiger partial charge >= 0.3 is 6.03 Å². The number of nitrogens with zero attached hydrogens (tertiary/aromatic N) is 1. The summed E-state index contributed by atoms with van der Waals surface area (Å²) in [5.74, 6) is 0. The Morgan fingerprint density at radius 1 is 0.889 bits per heavy atom. The van der Waals surface area contributed by atoms with Gasteiger partial charge in [0.1, 0.15) is 0 Å². The largest absolute Gasteiger partial charge is 0.334 e. The van der Waals surface area contributed by atoms with Crippen LogP contribution in [0.5, 0.6) is 0 Å². The predicted octanol–water partition coefficient (Wildman–Crippen LogP) is 5.34. The van der Waals surface area contributed by atoms with Gasteiger partial charge in [-0.05, 0) is 75.6 Å². The van der Waals surface area contributed by atoms with Gasteiger partial charge in [-0.25, -0.2) is 4.79 Å². The van der Waals surface area contributed by atoms with Gasteiger partial charge in [0.25, 0.3) is 0 Å². The quantitative estimate of drug-likeness (QED) is 0.647. The van der Waals surface area contributed by atoms with Crippen molar-refractivity contribution in [3.63, 3.8) is 0 Å². The van der Waals surface area contributed by atoms with Gasteiger partial charge in [-0.3, -0.25) is 0 Å². The molecule has 27 heavy (non-hydrogen) atoms. The van der Waals surface area contributed by atoms with Crippen molar-refractivity contribution < 1.29 is 4.79 Å². The van der Waals surface area contributed by atoms with Gasteiger partial charge < -0.3 is 15.2 Å². The molecule has 4 heteroatoms. The zero-order chi connectivity index (χ0) is 19.6. The van der Waals surface area contributed by atoms with E-state index in [9.17, 15) is 4.79 Å². The van der Waals surface area contributed by atoms with Crippen molar-refractivity contribution in [1.82, 2.24) is 9.88 Å². The molecule has 0 spiro atoms. The van der Waals surface area contributed by atoms with Crippen LogP contribution >= 0.6 is 0 Å². The Balaban J connectivity index is 1.71. The fraction of sp³-hybridized carbons (Fsp3) is 0.261. The molecule has 3 rings (SSSR count). The fourth-order valence-corrected chi connectivity index (χ4v) is 3.31. The third-order valence-corrected chi connectivity index (χ3v) is 4.91. The van der Waals surface area contributed by atoms with Crippen LogP contribution in [0.3, 0.4) is 0 Å². The number of aromatic nitrogens is 1. The molecule has 3 aromatic rings. The van der Waals surface area contributed by atoms with Crippen LogP contribution in [0.2, 0.25) is 0 Å². The number of aryl methyl sites for hydroxylation is 4. The molecule has 0 saturated carbocycles. The summed E-state index contributed by atoms with van der Waals surface area (Å²) in [6, 6.07) is 16.5. The molecule has 140 valence electrons. The molecule has 2 amide bonds. The summed E-state index contributed by atoms with van der Waals surface area (Å²) < 4.78 is 2.22. The first kappa shape index (κ1) is 18.8. The summed E-state index contributed by atoms with van der Waals surface area (Å²) in [6.07, 6.45) is 0. The van der Waals surface area contributed by atoms with E-state index in [2.05, 4.69) is 66.3 Å². The highest BCUT2D eigenvalue weighted by molar-refractivity contribution is 5.90. The van der Waals surface area contributed by atoms with Gasteiger partial charge in [0.15, 0.2) is 0 Å². The number of carbonyl (C=O) groups is 1. The Morgan fingerprint density at radius 3 is 2.26 bits per heavy atom. The van der Waals surface area contributed by atoms with Crippen LogP contribution in [-0.2, 0) is 6.54 Å². The van der Waals surface area contributed by atoms with Crippen LogP contribution < -0.4 is 10.6 Å². The molecule has 1 aromatic heterocycles. The number of nitrogens with one attached hydrogen (secondary N) is 2. The minimum Gasteiger partial charge on any atom is -0.334 e. The maximum absolute atomic E-state index is 12.3. The van der Waals surface area contributed by atoms with Gasteiger partial charge in [-0.1, -0.05) is 29.8 Å². The third kappa shape index (κ3) is 4.22.